The molecule has 1 fully saturated rings. The highest BCUT2D eigenvalue weighted by Crippen LogP contribution is 2.25. The van der Waals surface area contributed by atoms with E-state index in [-0.39, 0.29) is 24.0 Å². The van der Waals surface area contributed by atoms with Crippen LogP contribution < -0.4 is 14.8 Å². The second kappa shape index (κ2) is 13.5. The molecule has 176 valence electrons. The Morgan fingerprint density at radius 1 is 1.09 bits per heavy atom. The lowest BCUT2D eigenvalue weighted by atomic mass is 10.1. The topological polar surface area (TPSA) is 62.2 Å². The molecule has 0 atom stereocenters. The standard InChI is InChI=1S/C24H35N5O2.HI/c1-5-25-24(26-11-10-20-7-6-19(2)27-17-20)29-14-12-28(13-15-29)18-21-16-22(30-3)8-9-23(21)31-4;/h6-9,16-17H,5,10-15,18H2,1-4H3,(H,25,26);1H. The highest BCUT2D eigenvalue weighted by atomic mass is 127. The fraction of sp³-hybridized carbons (Fsp3) is 0.500. The molecular formula is C24H36IN5O2. The number of hydrogen-bond donors (Lipinski definition) is 1. The summed E-state index contributed by atoms with van der Waals surface area (Å²) in [5.41, 5.74) is 3.43. The molecule has 0 aliphatic carbocycles. The van der Waals surface area contributed by atoms with E-state index >= 15 is 0 Å². The number of aromatic nitrogens is 1. The van der Waals surface area contributed by atoms with Gasteiger partial charge >= 0.3 is 0 Å². The molecule has 3 rings (SSSR count). The fourth-order valence-electron chi connectivity index (χ4n) is 3.73. The summed E-state index contributed by atoms with van der Waals surface area (Å²) in [6, 6.07) is 10.2. The van der Waals surface area contributed by atoms with Crippen molar-refractivity contribution in [2.24, 2.45) is 4.99 Å². The number of halogens is 1. The summed E-state index contributed by atoms with van der Waals surface area (Å²) in [5, 5.41) is 3.45. The lowest BCUT2D eigenvalue weighted by Crippen LogP contribution is -2.52. The molecule has 0 radical (unpaired) electrons. The van der Waals surface area contributed by atoms with E-state index in [0.717, 1.165) is 81.0 Å². The van der Waals surface area contributed by atoms with E-state index < -0.39 is 0 Å². The zero-order chi connectivity index (χ0) is 22.1. The number of nitrogens with one attached hydrogen (secondary N) is 1. The second-order valence-corrected chi connectivity index (χ2v) is 7.73. The monoisotopic (exact) mass is 553 g/mol. The van der Waals surface area contributed by atoms with Gasteiger partial charge in [-0.3, -0.25) is 14.9 Å². The number of rotatable bonds is 8. The van der Waals surface area contributed by atoms with Crippen molar-refractivity contribution >= 4 is 29.9 Å². The molecule has 0 unspecified atom stereocenters. The summed E-state index contributed by atoms with van der Waals surface area (Å²) >= 11 is 0. The molecule has 7 nitrogen and oxygen atoms in total. The predicted octanol–water partition coefficient (Wildman–Crippen LogP) is 3.35. The van der Waals surface area contributed by atoms with Gasteiger partial charge in [-0.05, 0) is 50.1 Å². The summed E-state index contributed by atoms with van der Waals surface area (Å²) < 4.78 is 10.9. The first-order valence-corrected chi connectivity index (χ1v) is 11.0. The molecular weight excluding hydrogens is 517 g/mol. The SMILES string of the molecule is CCNC(=NCCc1ccc(C)nc1)N1CCN(Cc2cc(OC)ccc2OC)CC1.I. The number of hydrogen-bond acceptors (Lipinski definition) is 5. The minimum Gasteiger partial charge on any atom is -0.497 e. The molecule has 1 aliphatic heterocycles. The number of piperazine rings is 1. The van der Waals surface area contributed by atoms with Gasteiger partial charge in [0.15, 0.2) is 5.96 Å². The van der Waals surface area contributed by atoms with Gasteiger partial charge in [0.05, 0.1) is 14.2 Å². The summed E-state index contributed by atoms with van der Waals surface area (Å²) in [6.07, 6.45) is 2.85. The first-order chi connectivity index (χ1) is 15.1. The van der Waals surface area contributed by atoms with Crippen molar-refractivity contribution in [1.29, 1.82) is 0 Å². The smallest absolute Gasteiger partial charge is 0.194 e. The second-order valence-electron chi connectivity index (χ2n) is 7.73. The number of guanidine groups is 1. The van der Waals surface area contributed by atoms with Crippen molar-refractivity contribution in [3.05, 3.63) is 53.3 Å². The zero-order valence-electron chi connectivity index (χ0n) is 19.6. The van der Waals surface area contributed by atoms with Crippen LogP contribution in [0.25, 0.3) is 0 Å². The highest BCUT2D eigenvalue weighted by molar-refractivity contribution is 14.0. The Balaban J connectivity index is 0.00000363. The van der Waals surface area contributed by atoms with Gasteiger partial charge in [0, 0.05) is 63.3 Å². The van der Waals surface area contributed by atoms with E-state index in [1.165, 1.54) is 5.56 Å². The number of benzene rings is 1. The molecule has 1 saturated heterocycles. The lowest BCUT2D eigenvalue weighted by molar-refractivity contribution is 0.171. The van der Waals surface area contributed by atoms with Gasteiger partial charge in [-0.25, -0.2) is 0 Å². The number of nitrogens with zero attached hydrogens (tertiary/aromatic N) is 4. The van der Waals surface area contributed by atoms with E-state index in [2.05, 4.69) is 45.2 Å². The van der Waals surface area contributed by atoms with Crippen LogP contribution in [0.3, 0.4) is 0 Å². The number of ether oxygens (including phenoxy) is 2. The van der Waals surface area contributed by atoms with E-state index in [0.29, 0.717) is 0 Å². The van der Waals surface area contributed by atoms with Crippen LogP contribution in [0, 0.1) is 6.92 Å². The van der Waals surface area contributed by atoms with Crippen LogP contribution in [-0.2, 0) is 13.0 Å². The number of pyridine rings is 1. The third kappa shape index (κ3) is 7.51. The molecule has 8 heteroatoms. The van der Waals surface area contributed by atoms with E-state index in [9.17, 15) is 0 Å². The van der Waals surface area contributed by atoms with Crippen molar-refractivity contribution in [3.8, 4) is 11.5 Å². The molecule has 1 aromatic heterocycles. The predicted molar refractivity (Wildman–Crippen MR) is 140 cm³/mol. The average Bonchev–Trinajstić information content (AvgIpc) is 2.80. The largest absolute Gasteiger partial charge is 0.497 e. The Bertz CT molecular complexity index is 852. The van der Waals surface area contributed by atoms with Crippen molar-refractivity contribution in [3.63, 3.8) is 0 Å². The third-order valence-corrected chi connectivity index (χ3v) is 5.52. The molecule has 0 bridgehead atoms. The third-order valence-electron chi connectivity index (χ3n) is 5.52. The van der Waals surface area contributed by atoms with E-state index in [1.807, 2.05) is 25.3 Å². The quantitative estimate of drug-likeness (QED) is 0.308. The van der Waals surface area contributed by atoms with Crippen LogP contribution in [0.15, 0.2) is 41.5 Å². The van der Waals surface area contributed by atoms with Gasteiger partial charge in [-0.15, -0.1) is 24.0 Å². The summed E-state index contributed by atoms with van der Waals surface area (Å²) in [4.78, 5) is 14.0. The maximum atomic E-state index is 5.54. The normalized spacial score (nSPS) is 14.6. The minimum atomic E-state index is 0. The van der Waals surface area contributed by atoms with Gasteiger partial charge < -0.3 is 19.7 Å². The summed E-state index contributed by atoms with van der Waals surface area (Å²) in [6.45, 7) is 10.5. The first kappa shape index (κ1) is 26.2. The van der Waals surface area contributed by atoms with Gasteiger partial charge in [-0.2, -0.15) is 0 Å². The van der Waals surface area contributed by atoms with Crippen LogP contribution in [0.4, 0.5) is 0 Å². The molecule has 0 amide bonds. The Morgan fingerprint density at radius 2 is 1.88 bits per heavy atom. The Labute approximate surface area is 209 Å². The maximum absolute atomic E-state index is 5.54. The summed E-state index contributed by atoms with van der Waals surface area (Å²) in [7, 11) is 3.41. The molecule has 0 spiro atoms. The van der Waals surface area contributed by atoms with Crippen LogP contribution in [0.1, 0.15) is 23.7 Å². The number of aryl methyl sites for hydroxylation is 1. The van der Waals surface area contributed by atoms with Crippen molar-refractivity contribution in [2.75, 3.05) is 53.5 Å². The Hall–Kier alpha value is -2.07. The van der Waals surface area contributed by atoms with Crippen LogP contribution in [-0.4, -0.2) is 74.2 Å². The maximum Gasteiger partial charge on any atom is 0.194 e. The molecule has 2 heterocycles. The van der Waals surface area contributed by atoms with E-state index in [1.54, 1.807) is 14.2 Å². The van der Waals surface area contributed by atoms with Gasteiger partial charge in [0.2, 0.25) is 0 Å². The molecule has 32 heavy (non-hydrogen) atoms. The molecule has 1 aliphatic rings. The fourth-order valence-corrected chi connectivity index (χ4v) is 3.73. The highest BCUT2D eigenvalue weighted by Gasteiger charge is 2.20. The minimum absolute atomic E-state index is 0. The molecule has 0 saturated carbocycles. The molecule has 1 N–H and O–H groups in total. The Kier molecular flexibility index (Phi) is 11.0. The van der Waals surface area contributed by atoms with Crippen molar-refractivity contribution in [1.82, 2.24) is 20.1 Å². The van der Waals surface area contributed by atoms with Gasteiger partial charge in [0.1, 0.15) is 11.5 Å². The van der Waals surface area contributed by atoms with Gasteiger partial charge in [-0.1, -0.05) is 6.07 Å². The van der Waals surface area contributed by atoms with Gasteiger partial charge in [0.25, 0.3) is 0 Å². The number of methoxy groups -OCH3 is 2. The molecule has 2 aromatic rings. The van der Waals surface area contributed by atoms with Crippen LogP contribution in [0.2, 0.25) is 0 Å². The number of aliphatic imine (C=N–C) groups is 1. The van der Waals surface area contributed by atoms with E-state index in [4.69, 9.17) is 14.5 Å². The molecule has 1 aromatic carbocycles. The zero-order valence-corrected chi connectivity index (χ0v) is 22.0. The van der Waals surface area contributed by atoms with Crippen LogP contribution >= 0.6 is 24.0 Å². The Morgan fingerprint density at radius 3 is 2.50 bits per heavy atom. The lowest BCUT2D eigenvalue weighted by Gasteiger charge is -2.36. The average molecular weight is 553 g/mol. The van der Waals surface area contributed by atoms with Crippen molar-refractivity contribution in [2.45, 2.75) is 26.8 Å². The van der Waals surface area contributed by atoms with Crippen molar-refractivity contribution < 1.29 is 9.47 Å². The van der Waals surface area contributed by atoms with Crippen LogP contribution in [0.5, 0.6) is 11.5 Å². The first-order valence-electron chi connectivity index (χ1n) is 11.0. The summed E-state index contributed by atoms with van der Waals surface area (Å²) in [5.74, 6) is 2.77.